The first-order chi connectivity index (χ1) is 19.4. The minimum Gasteiger partial charge on any atom is -0.397 e. The Morgan fingerprint density at radius 2 is 1.85 bits per heavy atom. The first kappa shape index (κ1) is 25.8. The van der Waals surface area contributed by atoms with Crippen LogP contribution in [0.4, 0.5) is 17.1 Å². The molecule has 0 bridgehead atoms. The Morgan fingerprint density at radius 1 is 1.05 bits per heavy atom. The number of amides is 1. The van der Waals surface area contributed by atoms with Crippen molar-refractivity contribution in [2.45, 2.75) is 32.5 Å². The van der Waals surface area contributed by atoms with Gasteiger partial charge in [0.1, 0.15) is 0 Å². The molecule has 3 aromatic heterocycles. The van der Waals surface area contributed by atoms with Gasteiger partial charge in [-0.3, -0.25) is 9.48 Å². The number of para-hydroxylation sites is 3. The Hall–Kier alpha value is -4.47. The lowest BCUT2D eigenvalue weighted by atomic mass is 10.1. The van der Waals surface area contributed by atoms with Gasteiger partial charge in [-0.2, -0.15) is 5.10 Å². The van der Waals surface area contributed by atoms with Crippen LogP contribution in [0.15, 0.2) is 85.1 Å². The fourth-order valence-electron chi connectivity index (χ4n) is 5.11. The molecule has 8 nitrogen and oxygen atoms in total. The van der Waals surface area contributed by atoms with Gasteiger partial charge in [0.05, 0.1) is 33.3 Å². The standard InChI is InChI=1S/C31H30N6O2S/c1-19(2)37-27(14-16-33-37)24-11-7-12-25(34-24)31(39)36-17-15-20-18-28(30(38)35-23-10-5-4-9-22(23)32)40-29(20)21-8-3-6-13-26(21)36/h3-14,16,18-19,31,39H,15,17,32H2,1-2H3,(H,35,38). The van der Waals surface area contributed by atoms with E-state index in [1.807, 2.05) is 76.3 Å². The molecule has 4 heterocycles. The second-order valence-electron chi connectivity index (χ2n) is 10.0. The van der Waals surface area contributed by atoms with Gasteiger partial charge in [0.2, 0.25) is 0 Å². The van der Waals surface area contributed by atoms with Crippen molar-refractivity contribution in [1.82, 2.24) is 14.8 Å². The molecule has 202 valence electrons. The lowest BCUT2D eigenvalue weighted by Gasteiger charge is -2.30. The fraction of sp³-hybridized carbons (Fsp3) is 0.194. The number of hydrogen-bond donors (Lipinski definition) is 3. The lowest BCUT2D eigenvalue weighted by molar-refractivity contribution is 0.103. The second-order valence-corrected chi connectivity index (χ2v) is 11.1. The van der Waals surface area contributed by atoms with Crippen LogP contribution < -0.4 is 16.0 Å². The molecular formula is C31H30N6O2S. The number of benzene rings is 2. The molecule has 1 amide bonds. The topological polar surface area (TPSA) is 109 Å². The van der Waals surface area contributed by atoms with Gasteiger partial charge in [-0.15, -0.1) is 11.3 Å². The summed E-state index contributed by atoms with van der Waals surface area (Å²) in [6.07, 6.45) is 1.49. The van der Waals surface area contributed by atoms with Crippen LogP contribution in [-0.2, 0) is 6.42 Å². The van der Waals surface area contributed by atoms with Gasteiger partial charge in [-0.25, -0.2) is 4.98 Å². The molecule has 1 aliphatic heterocycles. The number of pyridine rings is 1. The van der Waals surface area contributed by atoms with Gasteiger partial charge in [0, 0.05) is 34.9 Å². The van der Waals surface area contributed by atoms with Gasteiger partial charge in [0.25, 0.3) is 5.91 Å². The fourth-order valence-corrected chi connectivity index (χ4v) is 6.25. The average Bonchev–Trinajstić information content (AvgIpc) is 3.60. The molecule has 1 unspecified atom stereocenters. The molecule has 2 aromatic carbocycles. The zero-order chi connectivity index (χ0) is 27.8. The molecule has 0 aliphatic carbocycles. The molecule has 4 N–H and O–H groups in total. The van der Waals surface area contributed by atoms with Crippen molar-refractivity contribution < 1.29 is 9.90 Å². The summed E-state index contributed by atoms with van der Waals surface area (Å²) in [4.78, 5) is 21.6. The predicted octanol–water partition coefficient (Wildman–Crippen LogP) is 6.14. The van der Waals surface area contributed by atoms with E-state index in [4.69, 9.17) is 10.7 Å². The van der Waals surface area contributed by atoms with E-state index in [1.54, 1.807) is 18.3 Å². The number of aliphatic hydroxyl groups is 1. The highest BCUT2D eigenvalue weighted by atomic mass is 32.1. The Kier molecular flexibility index (Phi) is 6.83. The zero-order valence-corrected chi connectivity index (χ0v) is 23.1. The predicted molar refractivity (Wildman–Crippen MR) is 160 cm³/mol. The first-order valence-corrected chi connectivity index (χ1v) is 14.1. The first-order valence-electron chi connectivity index (χ1n) is 13.2. The Bertz CT molecular complexity index is 1690. The molecule has 6 rings (SSSR count). The summed E-state index contributed by atoms with van der Waals surface area (Å²) < 4.78 is 1.93. The maximum atomic E-state index is 13.1. The van der Waals surface area contributed by atoms with Crippen LogP contribution in [0, 0.1) is 0 Å². The highest BCUT2D eigenvalue weighted by Crippen LogP contribution is 2.43. The summed E-state index contributed by atoms with van der Waals surface area (Å²) in [5, 5.41) is 19.0. The van der Waals surface area contributed by atoms with Gasteiger partial charge in [-0.05, 0) is 68.3 Å². The molecule has 5 aromatic rings. The monoisotopic (exact) mass is 550 g/mol. The Labute approximate surface area is 236 Å². The van der Waals surface area contributed by atoms with E-state index in [1.165, 1.54) is 11.3 Å². The van der Waals surface area contributed by atoms with E-state index < -0.39 is 6.23 Å². The zero-order valence-electron chi connectivity index (χ0n) is 22.3. The van der Waals surface area contributed by atoms with Crippen molar-refractivity contribution in [2.75, 3.05) is 22.5 Å². The van der Waals surface area contributed by atoms with Crippen LogP contribution in [-0.4, -0.2) is 32.3 Å². The molecule has 0 radical (unpaired) electrons. The number of hydrogen-bond acceptors (Lipinski definition) is 7. The Morgan fingerprint density at radius 3 is 2.67 bits per heavy atom. The number of thiophene rings is 1. The van der Waals surface area contributed by atoms with Crippen LogP contribution in [0.5, 0.6) is 0 Å². The summed E-state index contributed by atoms with van der Waals surface area (Å²) in [5.41, 5.74) is 12.3. The van der Waals surface area contributed by atoms with Crippen LogP contribution >= 0.6 is 11.3 Å². The molecule has 0 fully saturated rings. The number of carbonyl (C=O) groups is 1. The summed E-state index contributed by atoms with van der Waals surface area (Å²) in [5.74, 6) is -0.188. The maximum Gasteiger partial charge on any atom is 0.265 e. The maximum absolute atomic E-state index is 13.1. The summed E-state index contributed by atoms with van der Waals surface area (Å²) in [6.45, 7) is 4.72. The number of nitrogens with one attached hydrogen (secondary N) is 1. The number of rotatable bonds is 6. The minimum absolute atomic E-state index is 0.188. The third-order valence-electron chi connectivity index (χ3n) is 7.07. The molecule has 0 saturated heterocycles. The van der Waals surface area contributed by atoms with Crippen molar-refractivity contribution in [3.05, 3.63) is 101 Å². The number of aromatic nitrogens is 3. The number of nitrogens with zero attached hydrogens (tertiary/aromatic N) is 4. The van der Waals surface area contributed by atoms with Crippen LogP contribution in [0.25, 0.3) is 21.8 Å². The highest BCUT2D eigenvalue weighted by molar-refractivity contribution is 7.17. The molecule has 0 saturated carbocycles. The molecule has 9 heteroatoms. The molecule has 40 heavy (non-hydrogen) atoms. The van der Waals surface area contributed by atoms with E-state index in [2.05, 4.69) is 24.3 Å². The van der Waals surface area contributed by atoms with Crippen molar-refractivity contribution in [1.29, 1.82) is 0 Å². The van der Waals surface area contributed by atoms with E-state index in [9.17, 15) is 9.90 Å². The summed E-state index contributed by atoms with van der Waals surface area (Å²) >= 11 is 1.45. The van der Waals surface area contributed by atoms with E-state index in [0.29, 0.717) is 34.9 Å². The van der Waals surface area contributed by atoms with Crippen molar-refractivity contribution in [3.63, 3.8) is 0 Å². The quantitative estimate of drug-likeness (QED) is 0.219. The molecule has 0 spiro atoms. The van der Waals surface area contributed by atoms with Crippen LogP contribution in [0.1, 0.15) is 47.0 Å². The lowest BCUT2D eigenvalue weighted by Crippen LogP contribution is -2.31. The average molecular weight is 551 g/mol. The number of aliphatic hydroxyl groups excluding tert-OH is 1. The summed E-state index contributed by atoms with van der Waals surface area (Å²) in [7, 11) is 0. The Balaban J connectivity index is 1.31. The van der Waals surface area contributed by atoms with Crippen LogP contribution in [0.2, 0.25) is 0 Å². The van der Waals surface area contributed by atoms with Crippen molar-refractivity contribution in [3.8, 4) is 21.8 Å². The third kappa shape index (κ3) is 4.74. The second kappa shape index (κ2) is 10.6. The van der Waals surface area contributed by atoms with Crippen molar-refractivity contribution >= 4 is 34.3 Å². The SMILES string of the molecule is CC(C)n1nccc1-c1cccc(C(O)N2CCc3cc(C(=O)Nc4ccccc4N)sc3-c3ccccc32)n1. The van der Waals surface area contributed by atoms with Crippen molar-refractivity contribution in [2.24, 2.45) is 0 Å². The number of nitrogens with two attached hydrogens (primary N) is 1. The smallest absolute Gasteiger partial charge is 0.265 e. The summed E-state index contributed by atoms with van der Waals surface area (Å²) in [6, 6.07) is 25.0. The highest BCUT2D eigenvalue weighted by Gasteiger charge is 2.28. The number of fused-ring (bicyclic) bond motifs is 3. The van der Waals surface area contributed by atoms with E-state index >= 15 is 0 Å². The number of carbonyl (C=O) groups excluding carboxylic acids is 1. The largest absolute Gasteiger partial charge is 0.397 e. The molecule has 1 atom stereocenters. The number of nitrogen functional groups attached to an aromatic ring is 1. The van der Waals surface area contributed by atoms with Gasteiger partial charge in [-0.1, -0.05) is 36.4 Å². The van der Waals surface area contributed by atoms with E-state index in [0.717, 1.165) is 33.1 Å². The normalized spacial score (nSPS) is 13.4. The minimum atomic E-state index is -0.950. The van der Waals surface area contributed by atoms with Gasteiger partial charge >= 0.3 is 0 Å². The molecular weight excluding hydrogens is 520 g/mol. The molecule has 1 aliphatic rings. The van der Waals surface area contributed by atoms with Gasteiger partial charge in [0.15, 0.2) is 6.23 Å². The van der Waals surface area contributed by atoms with E-state index in [-0.39, 0.29) is 11.9 Å². The number of anilines is 3. The van der Waals surface area contributed by atoms with Gasteiger partial charge < -0.3 is 21.1 Å². The van der Waals surface area contributed by atoms with Crippen LogP contribution in [0.3, 0.4) is 0 Å². The third-order valence-corrected chi connectivity index (χ3v) is 8.28.